The van der Waals surface area contributed by atoms with Gasteiger partial charge in [-0.15, -0.1) is 0 Å². The molecule has 2 aromatic rings. The molecule has 0 radical (unpaired) electrons. The summed E-state index contributed by atoms with van der Waals surface area (Å²) in [5.41, 5.74) is 4.12. The molecule has 2 atom stereocenters. The SMILES string of the molecule is I[C@@H]1CNc2ccccc2[C@H]1c1ccccc1. The number of anilines is 1. The van der Waals surface area contributed by atoms with Crippen molar-refractivity contribution >= 4 is 28.3 Å². The standard InChI is InChI=1S/C15H14IN/c16-13-10-17-14-9-5-4-8-12(14)15(13)11-6-2-1-3-7-11/h1-9,13,15,17H,10H2/t13-,15-/m1/s1. The van der Waals surface area contributed by atoms with E-state index in [9.17, 15) is 0 Å². The monoisotopic (exact) mass is 335 g/mol. The molecular weight excluding hydrogens is 321 g/mol. The van der Waals surface area contributed by atoms with Gasteiger partial charge in [0.25, 0.3) is 0 Å². The van der Waals surface area contributed by atoms with Crippen molar-refractivity contribution in [2.24, 2.45) is 0 Å². The van der Waals surface area contributed by atoms with Crippen molar-refractivity contribution in [2.75, 3.05) is 11.9 Å². The summed E-state index contributed by atoms with van der Waals surface area (Å²) in [5, 5.41) is 3.50. The van der Waals surface area contributed by atoms with Crippen LogP contribution in [0.15, 0.2) is 54.6 Å². The maximum atomic E-state index is 3.50. The summed E-state index contributed by atoms with van der Waals surface area (Å²) in [4.78, 5) is 0. The molecule has 1 N–H and O–H groups in total. The first-order valence-corrected chi connectivity index (χ1v) is 7.12. The van der Waals surface area contributed by atoms with Crippen molar-refractivity contribution in [3.05, 3.63) is 65.7 Å². The van der Waals surface area contributed by atoms with E-state index in [2.05, 4.69) is 82.5 Å². The van der Waals surface area contributed by atoms with Crippen molar-refractivity contribution in [3.63, 3.8) is 0 Å². The zero-order valence-corrected chi connectivity index (χ0v) is 11.6. The van der Waals surface area contributed by atoms with E-state index >= 15 is 0 Å². The largest absolute Gasteiger partial charge is 0.384 e. The fourth-order valence-corrected chi connectivity index (χ4v) is 3.52. The minimum atomic E-state index is 0.509. The minimum absolute atomic E-state index is 0.509. The second-order valence-corrected chi connectivity index (χ2v) is 5.97. The Morgan fingerprint density at radius 3 is 2.47 bits per heavy atom. The summed E-state index contributed by atoms with van der Waals surface area (Å²) >= 11 is 2.56. The van der Waals surface area contributed by atoms with Gasteiger partial charge in [-0.2, -0.15) is 0 Å². The average Bonchev–Trinajstić information content (AvgIpc) is 2.39. The highest BCUT2D eigenvalue weighted by Crippen LogP contribution is 2.39. The number of alkyl halides is 1. The van der Waals surface area contributed by atoms with Gasteiger partial charge >= 0.3 is 0 Å². The smallest absolute Gasteiger partial charge is 0.0392 e. The molecule has 0 spiro atoms. The third-order valence-electron chi connectivity index (χ3n) is 3.30. The van der Waals surface area contributed by atoms with E-state index < -0.39 is 0 Å². The van der Waals surface area contributed by atoms with Gasteiger partial charge in [0.1, 0.15) is 0 Å². The number of hydrogen-bond acceptors (Lipinski definition) is 1. The van der Waals surface area contributed by atoms with E-state index in [0.29, 0.717) is 9.84 Å². The van der Waals surface area contributed by atoms with Crippen LogP contribution < -0.4 is 5.32 Å². The topological polar surface area (TPSA) is 12.0 Å². The predicted octanol–water partition coefficient (Wildman–Crippen LogP) is 4.05. The van der Waals surface area contributed by atoms with Gasteiger partial charge in [0, 0.05) is 22.1 Å². The van der Waals surface area contributed by atoms with Crippen LogP contribution in [-0.2, 0) is 0 Å². The second-order valence-electron chi connectivity index (χ2n) is 4.37. The van der Waals surface area contributed by atoms with E-state index in [1.165, 1.54) is 16.8 Å². The highest BCUT2D eigenvalue weighted by atomic mass is 127. The summed E-state index contributed by atoms with van der Waals surface area (Å²) < 4.78 is 0.602. The number of fused-ring (bicyclic) bond motifs is 1. The maximum Gasteiger partial charge on any atom is 0.0392 e. The fraction of sp³-hybridized carbons (Fsp3) is 0.200. The number of benzene rings is 2. The Morgan fingerprint density at radius 2 is 1.65 bits per heavy atom. The first-order valence-electron chi connectivity index (χ1n) is 5.88. The molecule has 0 bridgehead atoms. The Bertz CT molecular complexity index is 509. The van der Waals surface area contributed by atoms with Gasteiger partial charge in [0.2, 0.25) is 0 Å². The van der Waals surface area contributed by atoms with Crippen LogP contribution in [0.4, 0.5) is 5.69 Å². The summed E-state index contributed by atoms with van der Waals surface area (Å²) in [7, 11) is 0. The average molecular weight is 335 g/mol. The minimum Gasteiger partial charge on any atom is -0.384 e. The molecule has 86 valence electrons. The Morgan fingerprint density at radius 1 is 0.941 bits per heavy atom. The first kappa shape index (κ1) is 11.1. The van der Waals surface area contributed by atoms with Crippen molar-refractivity contribution in [2.45, 2.75) is 9.84 Å². The van der Waals surface area contributed by atoms with Crippen molar-refractivity contribution in [3.8, 4) is 0 Å². The van der Waals surface area contributed by atoms with Crippen LogP contribution >= 0.6 is 22.6 Å². The molecule has 1 aliphatic rings. The zero-order chi connectivity index (χ0) is 11.7. The summed E-state index contributed by atoms with van der Waals surface area (Å²) in [5.74, 6) is 0.509. The molecule has 0 amide bonds. The van der Waals surface area contributed by atoms with Gasteiger partial charge in [0.15, 0.2) is 0 Å². The molecule has 3 rings (SSSR count). The lowest BCUT2D eigenvalue weighted by Gasteiger charge is -2.31. The number of hydrogen-bond donors (Lipinski definition) is 1. The van der Waals surface area contributed by atoms with Crippen LogP contribution in [0, 0.1) is 0 Å². The van der Waals surface area contributed by atoms with E-state index in [0.717, 1.165) is 6.54 Å². The quantitative estimate of drug-likeness (QED) is 0.612. The molecule has 0 aromatic heterocycles. The van der Waals surface area contributed by atoms with Gasteiger partial charge in [-0.3, -0.25) is 0 Å². The Kier molecular flexibility index (Phi) is 3.05. The molecule has 0 saturated heterocycles. The number of para-hydroxylation sites is 1. The number of halogens is 1. The van der Waals surface area contributed by atoms with Crippen LogP contribution in [0.3, 0.4) is 0 Å². The van der Waals surface area contributed by atoms with Crippen LogP contribution in [0.1, 0.15) is 17.0 Å². The van der Waals surface area contributed by atoms with Gasteiger partial charge in [0.05, 0.1) is 0 Å². The Hall–Kier alpha value is -1.03. The zero-order valence-electron chi connectivity index (χ0n) is 9.44. The molecule has 1 nitrogen and oxygen atoms in total. The molecule has 0 unspecified atom stereocenters. The lowest BCUT2D eigenvalue weighted by atomic mass is 9.85. The maximum absolute atomic E-state index is 3.50. The van der Waals surface area contributed by atoms with E-state index in [1.807, 2.05) is 0 Å². The summed E-state index contributed by atoms with van der Waals surface area (Å²) in [6, 6.07) is 19.5. The molecule has 2 heteroatoms. The highest BCUT2D eigenvalue weighted by molar-refractivity contribution is 14.1. The third-order valence-corrected chi connectivity index (χ3v) is 4.46. The normalized spacial score (nSPS) is 22.6. The van der Waals surface area contributed by atoms with Crippen molar-refractivity contribution in [1.29, 1.82) is 0 Å². The summed E-state index contributed by atoms with van der Waals surface area (Å²) in [6.45, 7) is 1.04. The fourth-order valence-electron chi connectivity index (χ4n) is 2.50. The van der Waals surface area contributed by atoms with Crippen LogP contribution in [-0.4, -0.2) is 10.5 Å². The highest BCUT2D eigenvalue weighted by Gasteiger charge is 2.28. The van der Waals surface area contributed by atoms with Gasteiger partial charge in [-0.25, -0.2) is 0 Å². The lowest BCUT2D eigenvalue weighted by molar-refractivity contribution is 0.761. The number of rotatable bonds is 1. The Labute approximate surface area is 115 Å². The number of nitrogens with one attached hydrogen (secondary N) is 1. The molecular formula is C15H14IN. The molecule has 1 aliphatic heterocycles. The molecule has 0 fully saturated rings. The molecule has 17 heavy (non-hydrogen) atoms. The van der Waals surface area contributed by atoms with Crippen molar-refractivity contribution in [1.82, 2.24) is 0 Å². The van der Waals surface area contributed by atoms with Gasteiger partial charge < -0.3 is 5.32 Å². The molecule has 1 heterocycles. The Balaban J connectivity index is 2.10. The molecule has 2 aromatic carbocycles. The molecule has 0 aliphatic carbocycles. The van der Waals surface area contributed by atoms with E-state index in [4.69, 9.17) is 0 Å². The third kappa shape index (κ3) is 2.06. The predicted molar refractivity (Wildman–Crippen MR) is 81.0 cm³/mol. The van der Waals surface area contributed by atoms with Crippen LogP contribution in [0.2, 0.25) is 0 Å². The van der Waals surface area contributed by atoms with E-state index in [-0.39, 0.29) is 0 Å². The van der Waals surface area contributed by atoms with Crippen LogP contribution in [0.5, 0.6) is 0 Å². The first-order chi connectivity index (χ1) is 8.36. The van der Waals surface area contributed by atoms with Crippen molar-refractivity contribution < 1.29 is 0 Å². The van der Waals surface area contributed by atoms with E-state index in [1.54, 1.807) is 0 Å². The van der Waals surface area contributed by atoms with Crippen LogP contribution in [0.25, 0.3) is 0 Å². The van der Waals surface area contributed by atoms with Gasteiger partial charge in [-0.05, 0) is 17.2 Å². The summed E-state index contributed by atoms with van der Waals surface area (Å²) in [6.07, 6.45) is 0. The lowest BCUT2D eigenvalue weighted by Crippen LogP contribution is -2.28. The molecule has 0 saturated carbocycles. The second kappa shape index (κ2) is 4.69. The van der Waals surface area contributed by atoms with Gasteiger partial charge in [-0.1, -0.05) is 71.1 Å².